The first-order valence-corrected chi connectivity index (χ1v) is 6.77. The molecule has 3 rings (SSSR count). The second-order valence-electron chi connectivity index (χ2n) is 4.67. The summed E-state index contributed by atoms with van der Waals surface area (Å²) < 4.78 is 5.56. The Bertz CT molecular complexity index is 542. The van der Waals surface area contributed by atoms with Gasteiger partial charge >= 0.3 is 0 Å². The molecule has 0 bridgehead atoms. The van der Waals surface area contributed by atoms with Gasteiger partial charge in [-0.3, -0.25) is 0 Å². The van der Waals surface area contributed by atoms with Gasteiger partial charge in [-0.15, -0.1) is 5.10 Å². The predicted octanol–water partition coefficient (Wildman–Crippen LogP) is 2.21. The molecule has 0 saturated carbocycles. The average Bonchev–Trinajstić information content (AvgIpc) is 3.00. The van der Waals surface area contributed by atoms with E-state index in [4.69, 9.17) is 4.74 Å². The Hall–Kier alpha value is -2.21. The molecule has 0 aliphatic carbocycles. The number of anilines is 3. The topological polar surface area (TPSA) is 72.0 Å². The van der Waals surface area contributed by atoms with Gasteiger partial charge in [0.05, 0.1) is 12.3 Å². The van der Waals surface area contributed by atoms with E-state index in [1.165, 1.54) is 0 Å². The molecule has 2 heterocycles. The van der Waals surface area contributed by atoms with Crippen LogP contribution in [0.5, 0.6) is 0 Å². The summed E-state index contributed by atoms with van der Waals surface area (Å²) in [5, 5.41) is 14.3. The van der Waals surface area contributed by atoms with Crippen LogP contribution < -0.4 is 10.6 Å². The van der Waals surface area contributed by atoms with Gasteiger partial charge in [0.1, 0.15) is 0 Å². The maximum absolute atomic E-state index is 5.56. The minimum absolute atomic E-state index is 0.274. The molecule has 0 radical (unpaired) electrons. The van der Waals surface area contributed by atoms with E-state index >= 15 is 0 Å². The van der Waals surface area contributed by atoms with Crippen molar-refractivity contribution in [3.63, 3.8) is 0 Å². The zero-order valence-electron chi connectivity index (χ0n) is 11.1. The van der Waals surface area contributed by atoms with Crippen molar-refractivity contribution in [3.05, 3.63) is 36.5 Å². The Balaban J connectivity index is 1.60. The van der Waals surface area contributed by atoms with E-state index in [9.17, 15) is 0 Å². The number of nitrogens with one attached hydrogen (secondary N) is 2. The molecule has 2 aromatic rings. The fourth-order valence-electron chi connectivity index (χ4n) is 2.12. The SMILES string of the molecule is c1ccc(Nc2nncc(NCC3CCCO3)n2)cc1. The van der Waals surface area contributed by atoms with Gasteiger partial charge in [-0.2, -0.15) is 10.1 Å². The van der Waals surface area contributed by atoms with E-state index in [-0.39, 0.29) is 6.10 Å². The monoisotopic (exact) mass is 271 g/mol. The third-order valence-electron chi connectivity index (χ3n) is 3.12. The fourth-order valence-corrected chi connectivity index (χ4v) is 2.12. The number of hydrogen-bond donors (Lipinski definition) is 2. The Kier molecular flexibility index (Phi) is 4.03. The minimum Gasteiger partial charge on any atom is -0.376 e. The van der Waals surface area contributed by atoms with Gasteiger partial charge in [0.25, 0.3) is 0 Å². The smallest absolute Gasteiger partial charge is 0.249 e. The highest BCUT2D eigenvalue weighted by molar-refractivity contribution is 5.53. The van der Waals surface area contributed by atoms with Crippen molar-refractivity contribution in [2.75, 3.05) is 23.8 Å². The Morgan fingerprint density at radius 2 is 2.15 bits per heavy atom. The van der Waals surface area contributed by atoms with E-state index in [2.05, 4.69) is 25.8 Å². The number of rotatable bonds is 5. The third-order valence-corrected chi connectivity index (χ3v) is 3.12. The number of benzene rings is 1. The van der Waals surface area contributed by atoms with Crippen LogP contribution in [0.3, 0.4) is 0 Å². The number of hydrogen-bond acceptors (Lipinski definition) is 6. The van der Waals surface area contributed by atoms with Gasteiger partial charge in [0.2, 0.25) is 5.95 Å². The van der Waals surface area contributed by atoms with Crippen LogP contribution in [0.2, 0.25) is 0 Å². The van der Waals surface area contributed by atoms with Crippen molar-refractivity contribution < 1.29 is 4.74 Å². The van der Waals surface area contributed by atoms with Crippen LogP contribution in [0.4, 0.5) is 17.5 Å². The quantitative estimate of drug-likeness (QED) is 0.868. The van der Waals surface area contributed by atoms with Crippen molar-refractivity contribution in [3.8, 4) is 0 Å². The van der Waals surface area contributed by atoms with E-state index < -0.39 is 0 Å². The molecule has 1 aliphatic heterocycles. The molecule has 20 heavy (non-hydrogen) atoms. The first-order valence-electron chi connectivity index (χ1n) is 6.77. The highest BCUT2D eigenvalue weighted by Crippen LogP contribution is 2.14. The lowest BCUT2D eigenvalue weighted by Gasteiger charge is -2.11. The van der Waals surface area contributed by atoms with Crippen LogP contribution in [0.15, 0.2) is 36.5 Å². The maximum atomic E-state index is 5.56. The molecule has 6 heteroatoms. The van der Waals surface area contributed by atoms with E-state index in [0.29, 0.717) is 11.8 Å². The molecular weight excluding hydrogens is 254 g/mol. The van der Waals surface area contributed by atoms with Crippen LogP contribution in [-0.2, 0) is 4.74 Å². The summed E-state index contributed by atoms with van der Waals surface area (Å²) in [4.78, 5) is 4.38. The number of nitrogens with zero attached hydrogens (tertiary/aromatic N) is 3. The second kappa shape index (κ2) is 6.29. The standard InChI is InChI=1S/C14H17N5O/c1-2-5-11(6-3-1)17-14-18-13(10-16-19-14)15-9-12-7-4-8-20-12/h1-3,5-6,10,12H,4,7-9H2,(H2,15,17,18,19). The zero-order valence-corrected chi connectivity index (χ0v) is 11.1. The van der Waals surface area contributed by atoms with Crippen LogP contribution >= 0.6 is 0 Å². The first kappa shape index (κ1) is 12.8. The lowest BCUT2D eigenvalue weighted by molar-refractivity contribution is 0.120. The van der Waals surface area contributed by atoms with Crippen molar-refractivity contribution in [2.45, 2.75) is 18.9 Å². The van der Waals surface area contributed by atoms with Crippen molar-refractivity contribution in [1.29, 1.82) is 0 Å². The van der Waals surface area contributed by atoms with Crippen LogP contribution in [0.1, 0.15) is 12.8 Å². The summed E-state index contributed by atoms with van der Waals surface area (Å²) in [6.45, 7) is 1.61. The molecule has 1 aromatic heterocycles. The summed E-state index contributed by atoms with van der Waals surface area (Å²) in [6.07, 6.45) is 4.12. The molecule has 0 spiro atoms. The van der Waals surface area contributed by atoms with Crippen molar-refractivity contribution in [1.82, 2.24) is 15.2 Å². The summed E-state index contributed by atoms with van der Waals surface area (Å²) in [5.74, 6) is 1.18. The van der Waals surface area contributed by atoms with Gasteiger partial charge < -0.3 is 15.4 Å². The summed E-state index contributed by atoms with van der Waals surface area (Å²) in [7, 11) is 0. The fraction of sp³-hybridized carbons (Fsp3) is 0.357. The normalized spacial score (nSPS) is 17.9. The molecule has 104 valence electrons. The molecule has 2 N–H and O–H groups in total. The van der Waals surface area contributed by atoms with Gasteiger partial charge in [0, 0.05) is 18.8 Å². The minimum atomic E-state index is 0.274. The molecule has 1 atom stereocenters. The summed E-state index contributed by atoms with van der Waals surface area (Å²) >= 11 is 0. The maximum Gasteiger partial charge on any atom is 0.249 e. The molecule has 6 nitrogen and oxygen atoms in total. The highest BCUT2D eigenvalue weighted by Gasteiger charge is 2.15. The largest absolute Gasteiger partial charge is 0.376 e. The van der Waals surface area contributed by atoms with Crippen molar-refractivity contribution in [2.24, 2.45) is 0 Å². The number of aromatic nitrogens is 3. The zero-order chi connectivity index (χ0) is 13.6. The summed E-state index contributed by atoms with van der Waals surface area (Å²) in [5.41, 5.74) is 0.936. The van der Waals surface area contributed by atoms with Crippen LogP contribution in [0, 0.1) is 0 Å². The second-order valence-corrected chi connectivity index (χ2v) is 4.67. The Labute approximate surface area is 117 Å². The van der Waals surface area contributed by atoms with Gasteiger partial charge in [-0.1, -0.05) is 18.2 Å². The lowest BCUT2D eigenvalue weighted by atomic mass is 10.2. The van der Waals surface area contributed by atoms with Crippen molar-refractivity contribution >= 4 is 17.5 Å². The van der Waals surface area contributed by atoms with Gasteiger partial charge in [-0.25, -0.2) is 0 Å². The molecule has 1 unspecified atom stereocenters. The van der Waals surface area contributed by atoms with E-state index in [1.807, 2.05) is 30.3 Å². The molecule has 0 amide bonds. The predicted molar refractivity (Wildman–Crippen MR) is 77.0 cm³/mol. The number of para-hydroxylation sites is 1. The van der Waals surface area contributed by atoms with Crippen LogP contribution in [0.25, 0.3) is 0 Å². The number of ether oxygens (including phenoxy) is 1. The lowest BCUT2D eigenvalue weighted by Crippen LogP contribution is -2.19. The molecule has 1 fully saturated rings. The van der Waals surface area contributed by atoms with E-state index in [1.54, 1.807) is 6.20 Å². The average molecular weight is 271 g/mol. The summed E-state index contributed by atoms with van der Waals surface area (Å²) in [6, 6.07) is 9.78. The molecular formula is C14H17N5O. The van der Waals surface area contributed by atoms with Gasteiger partial charge in [-0.05, 0) is 25.0 Å². The van der Waals surface area contributed by atoms with Gasteiger partial charge in [0.15, 0.2) is 5.82 Å². The molecule has 1 aliphatic rings. The first-order chi connectivity index (χ1) is 9.90. The van der Waals surface area contributed by atoms with Crippen LogP contribution in [-0.4, -0.2) is 34.4 Å². The highest BCUT2D eigenvalue weighted by atomic mass is 16.5. The molecule has 1 aromatic carbocycles. The third kappa shape index (κ3) is 3.42. The Morgan fingerprint density at radius 1 is 1.25 bits per heavy atom. The molecule has 1 saturated heterocycles. The Morgan fingerprint density at radius 3 is 2.95 bits per heavy atom. The van der Waals surface area contributed by atoms with E-state index in [0.717, 1.165) is 31.7 Å².